The molecule has 1 aromatic heterocycles. The number of hydrogen-bond donors (Lipinski definition) is 1. The highest BCUT2D eigenvalue weighted by Crippen LogP contribution is 2.24. The summed E-state index contributed by atoms with van der Waals surface area (Å²) >= 11 is 0. The molecule has 0 atom stereocenters. The molecule has 1 N–H and O–H groups in total. The molecule has 2 aromatic carbocycles. The smallest absolute Gasteiger partial charge is 0.277 e. The van der Waals surface area contributed by atoms with Crippen LogP contribution in [0.1, 0.15) is 27.1 Å². The number of anilines is 1. The molecule has 0 bridgehead atoms. The van der Waals surface area contributed by atoms with Crippen molar-refractivity contribution in [1.82, 2.24) is 19.9 Å². The van der Waals surface area contributed by atoms with Gasteiger partial charge in [0.1, 0.15) is 5.52 Å². The maximum absolute atomic E-state index is 12.4. The number of fused-ring (bicyclic) bond motifs is 2. The van der Waals surface area contributed by atoms with Crippen molar-refractivity contribution in [3.05, 3.63) is 63.9 Å². The number of carbonyl (C=O) groups is 3. The number of nitrogens with zero attached hydrogens (tertiary/aromatic N) is 4. The highest BCUT2D eigenvalue weighted by molar-refractivity contribution is 6.21. The summed E-state index contributed by atoms with van der Waals surface area (Å²) in [6.07, 6.45) is -0.00318. The largest absolute Gasteiger partial charge is 0.326 e. The molecule has 0 fully saturated rings. The van der Waals surface area contributed by atoms with E-state index in [0.717, 1.165) is 9.58 Å². The average molecular weight is 377 g/mol. The SMILES string of the molecule is CN1C(=O)c2ccc(NC(=O)CCn3nnc4ccccc4c3=O)cc2C1=O. The lowest BCUT2D eigenvalue weighted by molar-refractivity contribution is -0.116. The molecule has 3 aromatic rings. The van der Waals surface area contributed by atoms with E-state index in [4.69, 9.17) is 0 Å². The molecule has 9 nitrogen and oxygen atoms in total. The van der Waals surface area contributed by atoms with Crippen molar-refractivity contribution in [2.45, 2.75) is 13.0 Å². The Kier molecular flexibility index (Phi) is 4.19. The quantitative estimate of drug-likeness (QED) is 0.680. The van der Waals surface area contributed by atoms with Crippen molar-refractivity contribution < 1.29 is 14.4 Å². The molecular formula is C19H15N5O4. The Morgan fingerprint density at radius 1 is 1.04 bits per heavy atom. The number of benzene rings is 2. The fourth-order valence-electron chi connectivity index (χ4n) is 3.04. The Hall–Kier alpha value is -3.88. The van der Waals surface area contributed by atoms with E-state index in [-0.39, 0.29) is 35.9 Å². The van der Waals surface area contributed by atoms with Crippen molar-refractivity contribution in [3.8, 4) is 0 Å². The van der Waals surface area contributed by atoms with Crippen LogP contribution in [0.5, 0.6) is 0 Å². The zero-order chi connectivity index (χ0) is 19.8. The first-order valence-electron chi connectivity index (χ1n) is 8.54. The van der Waals surface area contributed by atoms with Crippen LogP contribution in [-0.2, 0) is 11.3 Å². The highest BCUT2D eigenvalue weighted by atomic mass is 16.2. The zero-order valence-electron chi connectivity index (χ0n) is 14.9. The van der Waals surface area contributed by atoms with Crippen LogP contribution in [0.15, 0.2) is 47.3 Å². The zero-order valence-corrected chi connectivity index (χ0v) is 14.9. The molecule has 28 heavy (non-hydrogen) atoms. The molecule has 0 saturated carbocycles. The monoisotopic (exact) mass is 377 g/mol. The molecule has 1 aliphatic rings. The summed E-state index contributed by atoms with van der Waals surface area (Å²) in [6, 6.07) is 11.4. The van der Waals surface area contributed by atoms with Gasteiger partial charge in [-0.3, -0.25) is 24.1 Å². The summed E-state index contributed by atoms with van der Waals surface area (Å²) in [7, 11) is 1.41. The van der Waals surface area contributed by atoms with Crippen molar-refractivity contribution in [3.63, 3.8) is 0 Å². The van der Waals surface area contributed by atoms with Gasteiger partial charge >= 0.3 is 0 Å². The number of nitrogens with one attached hydrogen (secondary N) is 1. The predicted molar refractivity (Wildman–Crippen MR) is 99.9 cm³/mol. The third kappa shape index (κ3) is 2.92. The standard InChI is InChI=1S/C19H15N5O4/c1-23-17(26)12-7-6-11(10-14(12)18(23)27)20-16(25)8-9-24-19(28)13-4-2-3-5-15(13)21-22-24/h2-7,10H,8-9H2,1H3,(H,20,25). The minimum Gasteiger partial charge on any atom is -0.326 e. The second-order valence-corrected chi connectivity index (χ2v) is 6.36. The van der Waals surface area contributed by atoms with Crippen LogP contribution in [0.2, 0.25) is 0 Å². The van der Waals surface area contributed by atoms with Crippen LogP contribution >= 0.6 is 0 Å². The van der Waals surface area contributed by atoms with Crippen LogP contribution in [0.25, 0.3) is 10.9 Å². The third-order valence-corrected chi connectivity index (χ3v) is 4.55. The van der Waals surface area contributed by atoms with Gasteiger partial charge in [0.05, 0.1) is 23.1 Å². The second-order valence-electron chi connectivity index (χ2n) is 6.36. The van der Waals surface area contributed by atoms with Gasteiger partial charge in [-0.2, -0.15) is 0 Å². The van der Waals surface area contributed by atoms with Gasteiger partial charge in [0.15, 0.2) is 0 Å². The van der Waals surface area contributed by atoms with E-state index in [1.165, 1.54) is 19.2 Å². The minimum atomic E-state index is -0.408. The Labute approximate surface area is 158 Å². The highest BCUT2D eigenvalue weighted by Gasteiger charge is 2.32. The fourth-order valence-corrected chi connectivity index (χ4v) is 3.04. The van der Waals surface area contributed by atoms with Crippen molar-refractivity contribution in [2.75, 3.05) is 12.4 Å². The van der Waals surface area contributed by atoms with Gasteiger partial charge in [0, 0.05) is 19.2 Å². The number of imide groups is 1. The number of aryl methyl sites for hydroxylation is 1. The van der Waals surface area contributed by atoms with Gasteiger partial charge in [-0.15, -0.1) is 5.10 Å². The second kappa shape index (κ2) is 6.69. The lowest BCUT2D eigenvalue weighted by atomic mass is 10.1. The lowest BCUT2D eigenvalue weighted by Gasteiger charge is -2.07. The van der Waals surface area contributed by atoms with E-state index in [1.807, 2.05) is 0 Å². The summed E-state index contributed by atoms with van der Waals surface area (Å²) in [5, 5.41) is 10.9. The molecule has 3 amide bonds. The van der Waals surface area contributed by atoms with E-state index in [1.54, 1.807) is 30.3 Å². The predicted octanol–water partition coefficient (Wildman–Crippen LogP) is 1.05. The molecule has 4 rings (SSSR count). The minimum absolute atomic E-state index is 0.00318. The first kappa shape index (κ1) is 17.5. The molecule has 0 saturated heterocycles. The van der Waals surface area contributed by atoms with E-state index in [2.05, 4.69) is 15.6 Å². The van der Waals surface area contributed by atoms with Gasteiger partial charge in [-0.1, -0.05) is 17.3 Å². The van der Waals surface area contributed by atoms with E-state index in [9.17, 15) is 19.2 Å². The molecule has 0 radical (unpaired) electrons. The van der Waals surface area contributed by atoms with Crippen molar-refractivity contribution >= 4 is 34.3 Å². The van der Waals surface area contributed by atoms with Crippen LogP contribution in [-0.4, -0.2) is 44.7 Å². The summed E-state index contributed by atoms with van der Waals surface area (Å²) in [4.78, 5) is 49.6. The van der Waals surface area contributed by atoms with Gasteiger partial charge in [-0.05, 0) is 30.3 Å². The first-order chi connectivity index (χ1) is 13.5. The maximum atomic E-state index is 12.4. The van der Waals surface area contributed by atoms with Crippen molar-refractivity contribution in [2.24, 2.45) is 0 Å². The molecular weight excluding hydrogens is 362 g/mol. The summed E-state index contributed by atoms with van der Waals surface area (Å²) in [5.74, 6) is -1.13. The van der Waals surface area contributed by atoms with Gasteiger partial charge < -0.3 is 5.32 Å². The Morgan fingerprint density at radius 3 is 2.61 bits per heavy atom. The van der Waals surface area contributed by atoms with E-state index in [0.29, 0.717) is 22.2 Å². The van der Waals surface area contributed by atoms with Crippen LogP contribution < -0.4 is 10.9 Å². The average Bonchev–Trinajstić information content (AvgIpc) is 2.91. The molecule has 0 aliphatic carbocycles. The van der Waals surface area contributed by atoms with Gasteiger partial charge in [0.25, 0.3) is 17.4 Å². The molecule has 1 aliphatic heterocycles. The Morgan fingerprint density at radius 2 is 1.79 bits per heavy atom. The molecule has 0 spiro atoms. The van der Waals surface area contributed by atoms with Crippen molar-refractivity contribution in [1.29, 1.82) is 0 Å². The fraction of sp³-hybridized carbons (Fsp3) is 0.158. The lowest BCUT2D eigenvalue weighted by Crippen LogP contribution is -2.26. The Balaban J connectivity index is 1.46. The first-order valence-corrected chi connectivity index (χ1v) is 8.54. The normalized spacial score (nSPS) is 13.1. The maximum Gasteiger partial charge on any atom is 0.277 e. The van der Waals surface area contributed by atoms with Gasteiger partial charge in [-0.25, -0.2) is 4.68 Å². The summed E-state index contributed by atoms with van der Waals surface area (Å²) < 4.78 is 1.14. The number of aromatic nitrogens is 3. The summed E-state index contributed by atoms with van der Waals surface area (Å²) in [5.41, 5.74) is 1.14. The van der Waals surface area contributed by atoms with E-state index >= 15 is 0 Å². The number of hydrogen-bond acceptors (Lipinski definition) is 6. The van der Waals surface area contributed by atoms with Crippen LogP contribution in [0.4, 0.5) is 5.69 Å². The van der Waals surface area contributed by atoms with Crippen LogP contribution in [0.3, 0.4) is 0 Å². The summed E-state index contributed by atoms with van der Waals surface area (Å²) in [6.45, 7) is 0.0631. The van der Waals surface area contributed by atoms with Crippen LogP contribution in [0, 0.1) is 0 Å². The molecule has 0 unspecified atom stereocenters. The number of rotatable bonds is 4. The van der Waals surface area contributed by atoms with E-state index < -0.39 is 5.91 Å². The number of carbonyl (C=O) groups excluding carboxylic acids is 3. The topological polar surface area (TPSA) is 114 Å². The van der Waals surface area contributed by atoms with Gasteiger partial charge in [0.2, 0.25) is 5.91 Å². The molecule has 9 heteroatoms. The Bertz CT molecular complexity index is 1200. The molecule has 140 valence electrons. The number of amides is 3. The molecule has 2 heterocycles. The third-order valence-electron chi connectivity index (χ3n) is 4.55.